The number of hydrogen-bond acceptors (Lipinski definition) is 2. The Morgan fingerprint density at radius 2 is 2.33 bits per heavy atom. The van der Waals surface area contributed by atoms with Gasteiger partial charge in [-0.1, -0.05) is 22.6 Å². The second-order valence-electron chi connectivity index (χ2n) is 2.52. The minimum atomic E-state index is 0.288. The molecule has 3 heteroatoms. The number of hydrogen-bond donors (Lipinski definition) is 1. The predicted molar refractivity (Wildman–Crippen MR) is 45.9 cm³/mol. The van der Waals surface area contributed by atoms with E-state index < -0.39 is 0 Å². The molecule has 0 spiro atoms. The first-order chi connectivity index (χ1) is 4.25. The highest BCUT2D eigenvalue weighted by molar-refractivity contribution is 14.1. The molecular weight excluding hydrogens is 229 g/mol. The molecule has 2 atom stereocenters. The Hall–Kier alpha value is 0.650. The van der Waals surface area contributed by atoms with Crippen LogP contribution in [0.1, 0.15) is 6.42 Å². The summed E-state index contributed by atoms with van der Waals surface area (Å²) in [5.74, 6) is 0. The minimum absolute atomic E-state index is 0.288. The number of rotatable bonds is 3. The molecule has 0 aromatic carbocycles. The molecule has 0 heterocycles. The molecule has 2 nitrogen and oxygen atoms in total. The summed E-state index contributed by atoms with van der Waals surface area (Å²) in [4.78, 5) is 2.22. The van der Waals surface area contributed by atoms with Crippen LogP contribution < -0.4 is 0 Å². The lowest BCUT2D eigenvalue weighted by atomic mass is 10.5. The molecule has 0 radical (unpaired) electrons. The Balaban J connectivity index is 2.11. The van der Waals surface area contributed by atoms with E-state index in [0.29, 0.717) is 0 Å². The van der Waals surface area contributed by atoms with Gasteiger partial charge in [0.2, 0.25) is 0 Å². The number of alkyl halides is 1. The van der Waals surface area contributed by atoms with Gasteiger partial charge in [-0.25, -0.2) is 0 Å². The standard InChI is InChI=1S/C6H12INO/c1-8(2-3-9)6-4-5(6)7/h5-6,9H,2-4H2,1H3. The molecule has 1 saturated carbocycles. The van der Waals surface area contributed by atoms with Crippen LogP contribution in [0.4, 0.5) is 0 Å². The van der Waals surface area contributed by atoms with E-state index in [0.717, 1.165) is 16.5 Å². The van der Waals surface area contributed by atoms with Gasteiger partial charge in [0.25, 0.3) is 0 Å². The van der Waals surface area contributed by atoms with Gasteiger partial charge >= 0.3 is 0 Å². The zero-order valence-electron chi connectivity index (χ0n) is 5.55. The van der Waals surface area contributed by atoms with Crippen molar-refractivity contribution in [2.45, 2.75) is 16.4 Å². The van der Waals surface area contributed by atoms with Crippen LogP contribution in [0.2, 0.25) is 0 Å². The largest absolute Gasteiger partial charge is 0.395 e. The highest BCUT2D eigenvalue weighted by Crippen LogP contribution is 2.34. The van der Waals surface area contributed by atoms with Crippen molar-refractivity contribution in [3.63, 3.8) is 0 Å². The monoisotopic (exact) mass is 241 g/mol. The average molecular weight is 241 g/mol. The number of likely N-dealkylation sites (N-methyl/N-ethyl adjacent to an activating group) is 1. The second kappa shape index (κ2) is 3.16. The molecule has 9 heavy (non-hydrogen) atoms. The summed E-state index contributed by atoms with van der Waals surface area (Å²) in [5.41, 5.74) is 0. The van der Waals surface area contributed by atoms with Crippen molar-refractivity contribution in [2.75, 3.05) is 20.2 Å². The smallest absolute Gasteiger partial charge is 0.0558 e. The van der Waals surface area contributed by atoms with E-state index in [9.17, 15) is 0 Å². The third-order valence-corrected chi connectivity index (χ3v) is 3.04. The van der Waals surface area contributed by atoms with Gasteiger partial charge in [-0.2, -0.15) is 0 Å². The highest BCUT2D eigenvalue weighted by Gasteiger charge is 2.37. The lowest BCUT2D eigenvalue weighted by Gasteiger charge is -2.12. The Bertz CT molecular complexity index is 99.1. The van der Waals surface area contributed by atoms with Crippen molar-refractivity contribution >= 4 is 22.6 Å². The molecule has 0 aromatic rings. The van der Waals surface area contributed by atoms with E-state index in [1.807, 2.05) is 0 Å². The molecule has 0 amide bonds. The third-order valence-electron chi connectivity index (χ3n) is 1.70. The van der Waals surface area contributed by atoms with E-state index in [2.05, 4.69) is 34.5 Å². The van der Waals surface area contributed by atoms with Crippen LogP contribution in [0, 0.1) is 0 Å². The minimum Gasteiger partial charge on any atom is -0.395 e. The Kier molecular flexibility index (Phi) is 2.73. The normalized spacial score (nSPS) is 33.3. The maximum Gasteiger partial charge on any atom is 0.0558 e. The molecule has 0 saturated heterocycles. The topological polar surface area (TPSA) is 23.5 Å². The highest BCUT2D eigenvalue weighted by atomic mass is 127. The van der Waals surface area contributed by atoms with Gasteiger partial charge in [-0.15, -0.1) is 0 Å². The van der Waals surface area contributed by atoms with E-state index in [1.165, 1.54) is 6.42 Å². The Morgan fingerprint density at radius 3 is 2.67 bits per heavy atom. The summed E-state index contributed by atoms with van der Waals surface area (Å²) in [6.07, 6.45) is 1.30. The van der Waals surface area contributed by atoms with Crippen LogP contribution in [-0.2, 0) is 0 Å². The van der Waals surface area contributed by atoms with Crippen LogP contribution in [0.25, 0.3) is 0 Å². The van der Waals surface area contributed by atoms with Gasteiger partial charge in [0, 0.05) is 16.5 Å². The number of aliphatic hydroxyl groups is 1. The van der Waals surface area contributed by atoms with E-state index in [1.54, 1.807) is 0 Å². The van der Waals surface area contributed by atoms with Crippen LogP contribution >= 0.6 is 22.6 Å². The summed E-state index contributed by atoms with van der Waals surface area (Å²) in [6.45, 7) is 1.11. The van der Waals surface area contributed by atoms with Crippen molar-refractivity contribution in [3.8, 4) is 0 Å². The molecule has 1 fully saturated rings. The average Bonchev–Trinajstić information content (AvgIpc) is 2.47. The lowest BCUT2D eigenvalue weighted by molar-refractivity contribution is 0.217. The predicted octanol–water partition coefficient (Wildman–Crippen LogP) is 0.486. The zero-order valence-corrected chi connectivity index (χ0v) is 7.71. The molecule has 1 aliphatic rings. The van der Waals surface area contributed by atoms with Crippen LogP contribution in [-0.4, -0.2) is 40.2 Å². The first-order valence-electron chi connectivity index (χ1n) is 3.21. The SMILES string of the molecule is CN(CCO)C1CC1I. The third kappa shape index (κ3) is 2.05. The Labute approximate surface area is 69.4 Å². The van der Waals surface area contributed by atoms with Crippen molar-refractivity contribution in [3.05, 3.63) is 0 Å². The fourth-order valence-corrected chi connectivity index (χ4v) is 2.00. The summed E-state index contributed by atoms with van der Waals surface area (Å²) in [5, 5.41) is 8.56. The Morgan fingerprint density at radius 1 is 1.78 bits per heavy atom. The van der Waals surface area contributed by atoms with Gasteiger partial charge in [0.05, 0.1) is 6.61 Å². The summed E-state index contributed by atoms with van der Waals surface area (Å²) < 4.78 is 0.833. The fraction of sp³-hybridized carbons (Fsp3) is 1.00. The molecule has 0 bridgehead atoms. The van der Waals surface area contributed by atoms with Crippen LogP contribution in [0.3, 0.4) is 0 Å². The quantitative estimate of drug-likeness (QED) is 0.574. The maximum atomic E-state index is 8.56. The number of aliphatic hydroxyl groups excluding tert-OH is 1. The van der Waals surface area contributed by atoms with Crippen molar-refractivity contribution in [2.24, 2.45) is 0 Å². The zero-order chi connectivity index (χ0) is 6.85. The molecular formula is C6H12INO. The van der Waals surface area contributed by atoms with E-state index in [4.69, 9.17) is 5.11 Å². The van der Waals surface area contributed by atoms with Crippen LogP contribution in [0.15, 0.2) is 0 Å². The van der Waals surface area contributed by atoms with Gasteiger partial charge in [0.1, 0.15) is 0 Å². The van der Waals surface area contributed by atoms with Crippen molar-refractivity contribution in [1.29, 1.82) is 0 Å². The molecule has 0 aliphatic heterocycles. The number of nitrogens with zero attached hydrogens (tertiary/aromatic N) is 1. The molecule has 1 N–H and O–H groups in total. The number of halogens is 1. The maximum absolute atomic E-state index is 8.56. The first-order valence-corrected chi connectivity index (χ1v) is 4.45. The lowest BCUT2D eigenvalue weighted by Crippen LogP contribution is -2.25. The van der Waals surface area contributed by atoms with Gasteiger partial charge in [-0.05, 0) is 13.5 Å². The summed E-state index contributed by atoms with van der Waals surface area (Å²) >= 11 is 2.45. The molecule has 2 unspecified atom stereocenters. The molecule has 1 rings (SSSR count). The summed E-state index contributed by atoms with van der Waals surface area (Å²) in [6, 6.07) is 0.748. The van der Waals surface area contributed by atoms with Crippen LogP contribution in [0.5, 0.6) is 0 Å². The van der Waals surface area contributed by atoms with Gasteiger partial charge in [-0.3, -0.25) is 0 Å². The fourth-order valence-electron chi connectivity index (χ4n) is 0.932. The molecule has 0 aromatic heterocycles. The van der Waals surface area contributed by atoms with Crippen molar-refractivity contribution in [1.82, 2.24) is 4.90 Å². The van der Waals surface area contributed by atoms with Gasteiger partial charge < -0.3 is 10.0 Å². The van der Waals surface area contributed by atoms with E-state index in [-0.39, 0.29) is 6.61 Å². The second-order valence-corrected chi connectivity index (χ2v) is 4.12. The summed E-state index contributed by atoms with van der Waals surface area (Å²) in [7, 11) is 2.07. The first kappa shape index (κ1) is 7.75. The molecule has 1 aliphatic carbocycles. The molecule has 54 valence electrons. The van der Waals surface area contributed by atoms with Crippen molar-refractivity contribution < 1.29 is 5.11 Å². The van der Waals surface area contributed by atoms with E-state index >= 15 is 0 Å². The van der Waals surface area contributed by atoms with Gasteiger partial charge in [0.15, 0.2) is 0 Å².